The van der Waals surface area contributed by atoms with Gasteiger partial charge in [0.1, 0.15) is 11.5 Å². The fourth-order valence-electron chi connectivity index (χ4n) is 2.34. The molecule has 2 rings (SSSR count). The van der Waals surface area contributed by atoms with Crippen LogP contribution in [0.3, 0.4) is 0 Å². The number of carbonyl (C=O) groups is 2. The van der Waals surface area contributed by atoms with Crippen LogP contribution < -0.4 is 20.3 Å². The van der Waals surface area contributed by atoms with Gasteiger partial charge in [-0.15, -0.1) is 0 Å². The van der Waals surface area contributed by atoms with Crippen LogP contribution in [-0.2, 0) is 9.59 Å². The molecule has 0 spiro atoms. The number of hydrazone groups is 2. The van der Waals surface area contributed by atoms with E-state index in [1.807, 2.05) is 48.5 Å². The molecule has 0 unspecified atom stereocenters. The summed E-state index contributed by atoms with van der Waals surface area (Å²) in [7, 11) is 3.18. The molecule has 0 saturated carbocycles. The van der Waals surface area contributed by atoms with Crippen molar-refractivity contribution < 1.29 is 19.1 Å². The molecule has 0 radical (unpaired) electrons. The number of rotatable bonds is 12. The number of hydrogen-bond acceptors (Lipinski definition) is 7. The summed E-state index contributed by atoms with van der Waals surface area (Å²) >= 11 is 1.52. The van der Waals surface area contributed by atoms with E-state index in [1.54, 1.807) is 26.6 Å². The topological polar surface area (TPSA) is 101 Å². The van der Waals surface area contributed by atoms with E-state index in [2.05, 4.69) is 21.1 Å². The van der Waals surface area contributed by atoms with Gasteiger partial charge in [-0.2, -0.15) is 22.0 Å². The van der Waals surface area contributed by atoms with Gasteiger partial charge in [-0.05, 0) is 35.4 Å². The second-order valence-corrected chi connectivity index (χ2v) is 7.48. The molecular weight excluding hydrogens is 416 g/mol. The van der Waals surface area contributed by atoms with E-state index >= 15 is 0 Å². The first kappa shape index (κ1) is 23.9. The van der Waals surface area contributed by atoms with Crippen LogP contribution in [-0.4, -0.2) is 50.0 Å². The Morgan fingerprint density at radius 1 is 0.839 bits per heavy atom. The Balaban J connectivity index is 1.56. The highest BCUT2D eigenvalue weighted by Crippen LogP contribution is 2.11. The zero-order chi connectivity index (χ0) is 22.3. The number of hydrogen-bond donors (Lipinski definition) is 2. The minimum atomic E-state index is -0.181. The summed E-state index contributed by atoms with van der Waals surface area (Å²) in [5, 5.41) is 7.87. The quantitative estimate of drug-likeness (QED) is 0.299. The average molecular weight is 443 g/mol. The monoisotopic (exact) mass is 442 g/mol. The summed E-state index contributed by atoms with van der Waals surface area (Å²) in [5.41, 5.74) is 6.63. The molecule has 0 aliphatic rings. The van der Waals surface area contributed by atoms with Crippen LogP contribution >= 0.6 is 11.8 Å². The molecule has 31 heavy (non-hydrogen) atoms. The Morgan fingerprint density at radius 3 is 1.71 bits per heavy atom. The molecule has 0 saturated heterocycles. The summed E-state index contributed by atoms with van der Waals surface area (Å²) in [5.74, 6) is 2.28. The van der Waals surface area contributed by atoms with Gasteiger partial charge in [-0.1, -0.05) is 24.3 Å². The summed E-state index contributed by atoms with van der Waals surface area (Å²) in [6.45, 7) is 0. The van der Waals surface area contributed by atoms with E-state index in [0.29, 0.717) is 24.3 Å². The third kappa shape index (κ3) is 9.81. The molecule has 2 N–H and O–H groups in total. The minimum absolute atomic E-state index is 0.181. The SMILES string of the molecule is COc1cccc(/C=N/NC(=O)CCSCCC(=O)N/N=C/c2cccc(OC)c2)c1. The number of amides is 2. The predicted molar refractivity (Wildman–Crippen MR) is 124 cm³/mol. The van der Waals surface area contributed by atoms with Gasteiger partial charge in [0.05, 0.1) is 26.6 Å². The standard InChI is InChI=1S/C22H26N4O4S/c1-29-19-7-3-5-17(13-19)15-23-25-21(27)9-11-31-12-10-22(28)26-24-16-18-6-4-8-20(14-18)30-2/h3-8,13-16H,9-12H2,1-2H3,(H,25,27)(H,26,28)/b23-15+,24-16+. The summed E-state index contributed by atoms with van der Waals surface area (Å²) < 4.78 is 10.3. The molecule has 2 aromatic rings. The van der Waals surface area contributed by atoms with Crippen LogP contribution in [0.2, 0.25) is 0 Å². The van der Waals surface area contributed by atoms with Crippen molar-refractivity contribution in [3.8, 4) is 11.5 Å². The van der Waals surface area contributed by atoms with Crippen molar-refractivity contribution in [2.45, 2.75) is 12.8 Å². The smallest absolute Gasteiger partial charge is 0.240 e. The highest BCUT2D eigenvalue weighted by Gasteiger charge is 2.03. The molecule has 2 amide bonds. The first-order valence-electron chi connectivity index (χ1n) is 9.60. The van der Waals surface area contributed by atoms with Crippen molar-refractivity contribution in [3.05, 3.63) is 59.7 Å². The van der Waals surface area contributed by atoms with Crippen molar-refractivity contribution in [2.75, 3.05) is 25.7 Å². The van der Waals surface area contributed by atoms with Crippen LogP contribution in [0.4, 0.5) is 0 Å². The van der Waals surface area contributed by atoms with Gasteiger partial charge >= 0.3 is 0 Å². The van der Waals surface area contributed by atoms with Gasteiger partial charge in [-0.3, -0.25) is 9.59 Å². The zero-order valence-electron chi connectivity index (χ0n) is 17.5. The maximum absolute atomic E-state index is 11.8. The summed E-state index contributed by atoms with van der Waals surface area (Å²) in [4.78, 5) is 23.6. The maximum Gasteiger partial charge on any atom is 0.240 e. The highest BCUT2D eigenvalue weighted by molar-refractivity contribution is 7.99. The molecule has 0 aliphatic carbocycles. The Hall–Kier alpha value is -3.33. The lowest BCUT2D eigenvalue weighted by molar-refractivity contribution is -0.121. The second-order valence-electron chi connectivity index (χ2n) is 6.25. The Kier molecular flexibility index (Phi) is 10.7. The summed E-state index contributed by atoms with van der Waals surface area (Å²) in [6.07, 6.45) is 3.75. The van der Waals surface area contributed by atoms with Crippen molar-refractivity contribution in [1.82, 2.24) is 10.9 Å². The molecule has 0 heterocycles. The molecule has 2 aromatic carbocycles. The molecule has 0 aromatic heterocycles. The number of carbonyl (C=O) groups excluding carboxylic acids is 2. The molecule has 0 fully saturated rings. The number of thioether (sulfide) groups is 1. The lowest BCUT2D eigenvalue weighted by atomic mass is 10.2. The number of methoxy groups -OCH3 is 2. The number of benzene rings is 2. The zero-order valence-corrected chi connectivity index (χ0v) is 18.4. The van der Waals surface area contributed by atoms with E-state index in [1.165, 1.54) is 11.8 Å². The Labute approximate surface area is 186 Å². The van der Waals surface area contributed by atoms with Gasteiger partial charge in [0.15, 0.2) is 0 Å². The van der Waals surface area contributed by atoms with Gasteiger partial charge in [0.2, 0.25) is 11.8 Å². The first-order chi connectivity index (χ1) is 15.1. The van der Waals surface area contributed by atoms with E-state index in [0.717, 1.165) is 22.6 Å². The van der Waals surface area contributed by atoms with E-state index in [9.17, 15) is 9.59 Å². The highest BCUT2D eigenvalue weighted by atomic mass is 32.2. The Bertz CT molecular complexity index is 844. The van der Waals surface area contributed by atoms with Gasteiger partial charge in [0.25, 0.3) is 0 Å². The van der Waals surface area contributed by atoms with Crippen molar-refractivity contribution in [1.29, 1.82) is 0 Å². The lowest BCUT2D eigenvalue weighted by Crippen LogP contribution is -2.19. The normalized spacial score (nSPS) is 10.9. The fourth-order valence-corrected chi connectivity index (χ4v) is 3.21. The number of nitrogens with zero attached hydrogens (tertiary/aromatic N) is 2. The number of ether oxygens (including phenoxy) is 2. The van der Waals surface area contributed by atoms with Gasteiger partial charge < -0.3 is 9.47 Å². The van der Waals surface area contributed by atoms with Gasteiger partial charge in [0, 0.05) is 24.3 Å². The largest absolute Gasteiger partial charge is 0.497 e. The lowest BCUT2D eigenvalue weighted by Gasteiger charge is -2.02. The third-order valence-corrected chi connectivity index (χ3v) is 4.93. The molecule has 9 heteroatoms. The molecule has 8 nitrogen and oxygen atoms in total. The van der Waals surface area contributed by atoms with Crippen molar-refractivity contribution in [3.63, 3.8) is 0 Å². The second kappa shape index (κ2) is 13.8. The minimum Gasteiger partial charge on any atom is -0.497 e. The van der Waals surface area contributed by atoms with Crippen LogP contribution in [0.25, 0.3) is 0 Å². The molecule has 164 valence electrons. The van der Waals surface area contributed by atoms with Crippen LogP contribution in [0, 0.1) is 0 Å². The van der Waals surface area contributed by atoms with E-state index in [-0.39, 0.29) is 11.8 Å². The van der Waals surface area contributed by atoms with Gasteiger partial charge in [-0.25, -0.2) is 10.9 Å². The molecule has 0 aliphatic heterocycles. The predicted octanol–water partition coefficient (Wildman–Crippen LogP) is 2.82. The van der Waals surface area contributed by atoms with E-state index < -0.39 is 0 Å². The third-order valence-electron chi connectivity index (χ3n) is 3.94. The van der Waals surface area contributed by atoms with Crippen LogP contribution in [0.1, 0.15) is 24.0 Å². The molecule has 0 atom stereocenters. The maximum atomic E-state index is 11.8. The average Bonchev–Trinajstić information content (AvgIpc) is 2.79. The summed E-state index contributed by atoms with van der Waals surface area (Å²) in [6, 6.07) is 14.7. The molecular formula is C22H26N4O4S. The van der Waals surface area contributed by atoms with Crippen LogP contribution in [0.15, 0.2) is 58.7 Å². The van der Waals surface area contributed by atoms with Crippen LogP contribution in [0.5, 0.6) is 11.5 Å². The van der Waals surface area contributed by atoms with E-state index in [4.69, 9.17) is 9.47 Å². The van der Waals surface area contributed by atoms with Crippen molar-refractivity contribution in [2.24, 2.45) is 10.2 Å². The number of nitrogens with one attached hydrogen (secondary N) is 2. The first-order valence-corrected chi connectivity index (χ1v) is 10.8. The van der Waals surface area contributed by atoms with Crippen molar-refractivity contribution >= 4 is 36.0 Å². The fraction of sp³-hybridized carbons (Fsp3) is 0.273. The Morgan fingerprint density at radius 2 is 1.29 bits per heavy atom. The molecule has 0 bridgehead atoms.